The second-order valence-corrected chi connectivity index (χ2v) is 2.95. The monoisotopic (exact) mass is 232 g/mol. The van der Waals surface area contributed by atoms with Crippen LogP contribution < -0.4 is 0 Å². The first-order valence-corrected chi connectivity index (χ1v) is 4.12. The Morgan fingerprint density at radius 2 is 1.94 bits per heavy atom. The lowest BCUT2D eigenvalue weighted by molar-refractivity contribution is -0.138. The summed E-state index contributed by atoms with van der Waals surface area (Å²) in [5, 5.41) is 17.4. The summed E-state index contributed by atoms with van der Waals surface area (Å²) in [6, 6.07) is 2.61. The molecule has 3 nitrogen and oxygen atoms in total. The van der Waals surface area contributed by atoms with E-state index in [1.165, 1.54) is 0 Å². The van der Waals surface area contributed by atoms with Crippen molar-refractivity contribution in [1.29, 1.82) is 0 Å². The first kappa shape index (κ1) is 12.1. The van der Waals surface area contributed by atoms with Crippen LogP contribution in [0.15, 0.2) is 24.3 Å². The van der Waals surface area contributed by atoms with Gasteiger partial charge in [-0.1, -0.05) is 6.07 Å². The van der Waals surface area contributed by atoms with Crippen LogP contribution in [0, 0.1) is 0 Å². The molecular formula is C10H7F3O3. The van der Waals surface area contributed by atoms with Gasteiger partial charge in [-0.25, -0.2) is 4.79 Å². The van der Waals surface area contributed by atoms with Crippen molar-refractivity contribution in [2.75, 3.05) is 0 Å². The molecule has 0 radical (unpaired) electrons. The zero-order valence-electron chi connectivity index (χ0n) is 7.82. The Morgan fingerprint density at radius 3 is 2.38 bits per heavy atom. The van der Waals surface area contributed by atoms with Gasteiger partial charge in [0.2, 0.25) is 0 Å². The number of carboxylic acids is 1. The number of hydrogen-bond donors (Lipinski definition) is 2. The van der Waals surface area contributed by atoms with Crippen molar-refractivity contribution in [2.24, 2.45) is 0 Å². The van der Waals surface area contributed by atoms with Crippen molar-refractivity contribution in [2.45, 2.75) is 6.18 Å². The van der Waals surface area contributed by atoms with Crippen LogP contribution in [-0.2, 0) is 11.0 Å². The predicted octanol–water partition coefficient (Wildman–Crippen LogP) is 2.51. The molecule has 0 saturated heterocycles. The van der Waals surface area contributed by atoms with E-state index in [9.17, 15) is 18.0 Å². The van der Waals surface area contributed by atoms with Crippen LogP contribution in [0.2, 0.25) is 0 Å². The molecule has 0 saturated carbocycles. The van der Waals surface area contributed by atoms with Crippen LogP contribution in [0.4, 0.5) is 13.2 Å². The number of alkyl halides is 3. The Kier molecular flexibility index (Phi) is 3.22. The molecule has 2 N–H and O–H groups in total. The normalized spacial score (nSPS) is 11.9. The summed E-state index contributed by atoms with van der Waals surface area (Å²) in [6.45, 7) is 0. The third kappa shape index (κ3) is 3.01. The summed E-state index contributed by atoms with van der Waals surface area (Å²) < 4.78 is 36.7. The van der Waals surface area contributed by atoms with Gasteiger partial charge in [0.05, 0.1) is 5.56 Å². The smallest absolute Gasteiger partial charge is 0.419 e. The third-order valence-electron chi connectivity index (χ3n) is 1.75. The quantitative estimate of drug-likeness (QED) is 0.770. The van der Waals surface area contributed by atoms with E-state index in [4.69, 9.17) is 10.2 Å². The van der Waals surface area contributed by atoms with Crippen LogP contribution in [-0.4, -0.2) is 16.2 Å². The Morgan fingerprint density at radius 1 is 1.31 bits per heavy atom. The van der Waals surface area contributed by atoms with E-state index < -0.39 is 23.5 Å². The van der Waals surface area contributed by atoms with Gasteiger partial charge in [-0.05, 0) is 23.8 Å². The molecule has 16 heavy (non-hydrogen) atoms. The van der Waals surface area contributed by atoms with E-state index in [1.807, 2.05) is 0 Å². The number of halogens is 3. The highest BCUT2D eigenvalue weighted by molar-refractivity contribution is 5.85. The summed E-state index contributed by atoms with van der Waals surface area (Å²) in [6.07, 6.45) is -2.77. The second kappa shape index (κ2) is 4.26. The Bertz CT molecular complexity index is 435. The van der Waals surface area contributed by atoms with Gasteiger partial charge in [0.25, 0.3) is 0 Å². The molecule has 0 atom stereocenters. The zero-order valence-corrected chi connectivity index (χ0v) is 7.82. The van der Waals surface area contributed by atoms with Crippen molar-refractivity contribution in [1.82, 2.24) is 0 Å². The summed E-state index contributed by atoms with van der Waals surface area (Å²) in [5.41, 5.74) is -0.979. The molecule has 0 aliphatic heterocycles. The minimum atomic E-state index is -4.63. The summed E-state index contributed by atoms with van der Waals surface area (Å²) in [5.74, 6) is -2.15. The van der Waals surface area contributed by atoms with Crippen molar-refractivity contribution in [3.05, 3.63) is 35.4 Å². The number of carboxylic acid groups (broad SMARTS) is 1. The number of benzene rings is 1. The van der Waals surface area contributed by atoms with Gasteiger partial charge >= 0.3 is 12.1 Å². The lowest BCUT2D eigenvalue weighted by Gasteiger charge is -2.08. The van der Waals surface area contributed by atoms with E-state index in [0.29, 0.717) is 6.07 Å². The molecule has 86 valence electrons. The lowest BCUT2D eigenvalue weighted by Crippen LogP contribution is -2.04. The van der Waals surface area contributed by atoms with E-state index in [2.05, 4.69) is 0 Å². The first-order chi connectivity index (χ1) is 7.30. The fourth-order valence-corrected chi connectivity index (χ4v) is 1.06. The molecule has 0 unspecified atom stereocenters. The predicted molar refractivity (Wildman–Crippen MR) is 49.8 cm³/mol. The van der Waals surface area contributed by atoms with Gasteiger partial charge < -0.3 is 10.2 Å². The van der Waals surface area contributed by atoms with Gasteiger partial charge in [0.15, 0.2) is 0 Å². The minimum absolute atomic E-state index is 0.174. The maximum atomic E-state index is 12.2. The van der Waals surface area contributed by atoms with Crippen LogP contribution in [0.25, 0.3) is 6.08 Å². The van der Waals surface area contributed by atoms with E-state index in [-0.39, 0.29) is 5.56 Å². The van der Waals surface area contributed by atoms with Crippen molar-refractivity contribution in [3.8, 4) is 5.75 Å². The van der Waals surface area contributed by atoms with E-state index >= 15 is 0 Å². The standard InChI is InChI=1S/C10H7F3O3/c11-10(12,13)7-3-1-6(5-8(7)14)2-4-9(15)16/h1-5,14H,(H,15,16). The average molecular weight is 232 g/mol. The van der Waals surface area contributed by atoms with Gasteiger partial charge in [-0.2, -0.15) is 13.2 Å². The highest BCUT2D eigenvalue weighted by Crippen LogP contribution is 2.35. The molecule has 6 heteroatoms. The molecule has 0 spiro atoms. The van der Waals surface area contributed by atoms with Gasteiger partial charge in [0.1, 0.15) is 5.75 Å². The number of phenolic OH excluding ortho intramolecular Hbond substituents is 1. The lowest BCUT2D eigenvalue weighted by atomic mass is 10.1. The van der Waals surface area contributed by atoms with Gasteiger partial charge in [0, 0.05) is 6.08 Å². The number of rotatable bonds is 2. The number of hydrogen-bond acceptors (Lipinski definition) is 2. The second-order valence-electron chi connectivity index (χ2n) is 2.95. The van der Waals surface area contributed by atoms with E-state index in [0.717, 1.165) is 24.3 Å². The summed E-state index contributed by atoms with van der Waals surface area (Å²) in [4.78, 5) is 10.2. The fraction of sp³-hybridized carbons (Fsp3) is 0.100. The molecule has 0 aromatic heterocycles. The maximum absolute atomic E-state index is 12.2. The topological polar surface area (TPSA) is 57.5 Å². The summed E-state index contributed by atoms with van der Waals surface area (Å²) in [7, 11) is 0. The first-order valence-electron chi connectivity index (χ1n) is 4.12. The SMILES string of the molecule is O=C(O)C=Cc1ccc(C(F)(F)F)c(O)c1. The minimum Gasteiger partial charge on any atom is -0.507 e. The number of aromatic hydroxyl groups is 1. The van der Waals surface area contributed by atoms with E-state index in [1.54, 1.807) is 0 Å². The molecule has 0 fully saturated rings. The van der Waals surface area contributed by atoms with Crippen LogP contribution in [0.5, 0.6) is 5.75 Å². The zero-order chi connectivity index (χ0) is 12.3. The van der Waals surface area contributed by atoms with Gasteiger partial charge in [-0.15, -0.1) is 0 Å². The van der Waals surface area contributed by atoms with Gasteiger partial charge in [-0.3, -0.25) is 0 Å². The molecule has 1 aromatic rings. The fourth-order valence-electron chi connectivity index (χ4n) is 1.06. The molecule has 1 aromatic carbocycles. The average Bonchev–Trinajstić information content (AvgIpc) is 2.12. The molecule has 0 heterocycles. The molecule has 0 amide bonds. The van der Waals surface area contributed by atoms with Crippen LogP contribution in [0.3, 0.4) is 0 Å². The highest BCUT2D eigenvalue weighted by Gasteiger charge is 2.33. The number of aliphatic carboxylic acids is 1. The van der Waals surface area contributed by atoms with Crippen molar-refractivity contribution < 1.29 is 28.2 Å². The third-order valence-corrected chi connectivity index (χ3v) is 1.75. The Labute approximate surface area is 88.4 Å². The van der Waals surface area contributed by atoms with Crippen molar-refractivity contribution >= 4 is 12.0 Å². The largest absolute Gasteiger partial charge is 0.507 e. The Balaban J connectivity index is 3.05. The Hall–Kier alpha value is -1.98. The number of carbonyl (C=O) groups is 1. The molecular weight excluding hydrogens is 225 g/mol. The molecule has 0 aliphatic rings. The number of phenols is 1. The highest BCUT2D eigenvalue weighted by atomic mass is 19.4. The molecule has 0 bridgehead atoms. The summed E-state index contributed by atoms with van der Waals surface area (Å²) >= 11 is 0. The van der Waals surface area contributed by atoms with Crippen molar-refractivity contribution in [3.63, 3.8) is 0 Å². The van der Waals surface area contributed by atoms with Crippen LogP contribution >= 0.6 is 0 Å². The van der Waals surface area contributed by atoms with Crippen LogP contribution in [0.1, 0.15) is 11.1 Å². The maximum Gasteiger partial charge on any atom is 0.419 e. The molecule has 0 aliphatic carbocycles. The molecule has 1 rings (SSSR count).